The normalized spacial score (nSPS) is 15.5. The second-order valence-electron chi connectivity index (χ2n) is 4.96. The summed E-state index contributed by atoms with van der Waals surface area (Å²) in [6.07, 6.45) is 5.10. The fraction of sp³-hybridized carbons (Fsp3) is 0.214. The van der Waals surface area contributed by atoms with Gasteiger partial charge in [0.25, 0.3) is 5.91 Å². The molecule has 20 heavy (non-hydrogen) atoms. The van der Waals surface area contributed by atoms with Crippen LogP contribution >= 0.6 is 0 Å². The van der Waals surface area contributed by atoms with Crippen LogP contribution in [-0.2, 0) is 0 Å². The lowest BCUT2D eigenvalue weighted by Crippen LogP contribution is -2.51. The second-order valence-corrected chi connectivity index (χ2v) is 4.96. The summed E-state index contributed by atoms with van der Waals surface area (Å²) in [5.74, 6) is 0.0610. The molecular weight excluding hydrogens is 254 g/mol. The lowest BCUT2D eigenvalue weighted by Gasteiger charge is -2.38. The quantitative estimate of drug-likeness (QED) is 0.764. The SMILES string of the molecule is O=C(c1c[nH]c2ccccc12)N1CC(n2nccn2)C1. The number of para-hydroxylation sites is 1. The molecule has 1 saturated heterocycles. The predicted octanol–water partition coefficient (Wildman–Crippen LogP) is 1.46. The van der Waals surface area contributed by atoms with E-state index in [0.29, 0.717) is 13.1 Å². The summed E-state index contributed by atoms with van der Waals surface area (Å²) in [4.78, 5) is 19.1. The average molecular weight is 267 g/mol. The van der Waals surface area contributed by atoms with Crippen LogP contribution in [0.5, 0.6) is 0 Å². The molecule has 6 nitrogen and oxygen atoms in total. The molecule has 0 unspecified atom stereocenters. The zero-order valence-electron chi connectivity index (χ0n) is 10.7. The van der Waals surface area contributed by atoms with E-state index in [4.69, 9.17) is 0 Å². The number of aromatic nitrogens is 4. The van der Waals surface area contributed by atoms with E-state index in [2.05, 4.69) is 15.2 Å². The minimum absolute atomic E-state index is 0.0610. The van der Waals surface area contributed by atoms with Gasteiger partial charge < -0.3 is 9.88 Å². The fourth-order valence-electron chi connectivity index (χ4n) is 2.60. The molecule has 3 aromatic rings. The van der Waals surface area contributed by atoms with Crippen LogP contribution in [0.1, 0.15) is 16.4 Å². The van der Waals surface area contributed by atoms with Gasteiger partial charge in [-0.05, 0) is 6.07 Å². The summed E-state index contributed by atoms with van der Waals surface area (Å²) in [5, 5.41) is 9.18. The van der Waals surface area contributed by atoms with Crippen molar-refractivity contribution in [1.29, 1.82) is 0 Å². The molecule has 1 fully saturated rings. The molecule has 1 aliphatic heterocycles. The molecule has 0 bridgehead atoms. The van der Waals surface area contributed by atoms with Crippen LogP contribution in [-0.4, -0.2) is 43.9 Å². The van der Waals surface area contributed by atoms with Crippen LogP contribution < -0.4 is 0 Å². The molecule has 0 spiro atoms. The van der Waals surface area contributed by atoms with Crippen LogP contribution in [0.15, 0.2) is 42.9 Å². The molecule has 2 aromatic heterocycles. The Morgan fingerprint density at radius 3 is 2.75 bits per heavy atom. The first-order chi connectivity index (χ1) is 9.83. The van der Waals surface area contributed by atoms with Crippen LogP contribution in [0.4, 0.5) is 0 Å². The summed E-state index contributed by atoms with van der Waals surface area (Å²) in [6, 6.07) is 8.03. The summed E-state index contributed by atoms with van der Waals surface area (Å²) >= 11 is 0. The lowest BCUT2D eigenvalue weighted by molar-refractivity contribution is 0.0478. The average Bonchev–Trinajstić information content (AvgIpc) is 3.05. The maximum Gasteiger partial charge on any atom is 0.256 e. The molecule has 4 rings (SSSR count). The first kappa shape index (κ1) is 11.2. The third-order valence-corrected chi connectivity index (χ3v) is 3.73. The Balaban J connectivity index is 1.54. The smallest absolute Gasteiger partial charge is 0.256 e. The van der Waals surface area contributed by atoms with E-state index in [9.17, 15) is 4.79 Å². The summed E-state index contributed by atoms with van der Waals surface area (Å²) in [7, 11) is 0. The third kappa shape index (κ3) is 1.61. The van der Waals surface area contributed by atoms with Gasteiger partial charge in [-0.15, -0.1) is 0 Å². The van der Waals surface area contributed by atoms with Gasteiger partial charge in [0.1, 0.15) is 6.04 Å². The molecule has 0 radical (unpaired) electrons. The van der Waals surface area contributed by atoms with E-state index < -0.39 is 0 Å². The Hall–Kier alpha value is -2.63. The van der Waals surface area contributed by atoms with Gasteiger partial charge in [-0.25, -0.2) is 0 Å². The van der Waals surface area contributed by atoms with Crippen LogP contribution in [0.3, 0.4) is 0 Å². The number of hydrogen-bond acceptors (Lipinski definition) is 3. The van der Waals surface area contributed by atoms with Gasteiger partial charge in [0, 0.05) is 30.2 Å². The van der Waals surface area contributed by atoms with Crippen molar-refractivity contribution in [2.24, 2.45) is 0 Å². The van der Waals surface area contributed by atoms with E-state index in [1.165, 1.54) is 0 Å². The highest BCUT2D eigenvalue weighted by molar-refractivity contribution is 6.06. The maximum atomic E-state index is 12.5. The minimum Gasteiger partial charge on any atom is -0.360 e. The number of rotatable bonds is 2. The third-order valence-electron chi connectivity index (χ3n) is 3.73. The Bertz CT molecular complexity index is 755. The number of nitrogens with zero attached hydrogens (tertiary/aromatic N) is 4. The van der Waals surface area contributed by atoms with Crippen molar-refractivity contribution in [3.05, 3.63) is 48.4 Å². The van der Waals surface area contributed by atoms with E-state index in [1.807, 2.05) is 29.2 Å². The molecule has 0 saturated carbocycles. The monoisotopic (exact) mass is 267 g/mol. The molecule has 3 heterocycles. The van der Waals surface area contributed by atoms with Crippen molar-refractivity contribution in [3.8, 4) is 0 Å². The highest BCUT2D eigenvalue weighted by Crippen LogP contribution is 2.25. The molecule has 0 aliphatic carbocycles. The van der Waals surface area contributed by atoms with Crippen molar-refractivity contribution in [3.63, 3.8) is 0 Å². The van der Waals surface area contributed by atoms with Gasteiger partial charge in [0.05, 0.1) is 18.0 Å². The number of aromatic amines is 1. The van der Waals surface area contributed by atoms with Crippen molar-refractivity contribution >= 4 is 16.8 Å². The van der Waals surface area contributed by atoms with Gasteiger partial charge in [-0.1, -0.05) is 18.2 Å². The van der Waals surface area contributed by atoms with E-state index in [0.717, 1.165) is 16.5 Å². The van der Waals surface area contributed by atoms with Gasteiger partial charge in [0.15, 0.2) is 0 Å². The maximum absolute atomic E-state index is 12.5. The molecule has 1 amide bonds. The number of likely N-dealkylation sites (tertiary alicyclic amines) is 1. The molecule has 1 N–H and O–H groups in total. The molecular formula is C14H13N5O. The zero-order chi connectivity index (χ0) is 13.5. The van der Waals surface area contributed by atoms with Crippen LogP contribution in [0.2, 0.25) is 0 Å². The van der Waals surface area contributed by atoms with Crippen LogP contribution in [0.25, 0.3) is 10.9 Å². The number of nitrogens with one attached hydrogen (secondary N) is 1. The highest BCUT2D eigenvalue weighted by atomic mass is 16.2. The van der Waals surface area contributed by atoms with E-state index in [1.54, 1.807) is 23.4 Å². The molecule has 100 valence electrons. The van der Waals surface area contributed by atoms with Gasteiger partial charge in [0.2, 0.25) is 0 Å². The number of carbonyl (C=O) groups is 1. The summed E-state index contributed by atoms with van der Waals surface area (Å²) < 4.78 is 0. The number of carbonyl (C=O) groups excluding carboxylic acids is 1. The molecule has 0 atom stereocenters. The van der Waals surface area contributed by atoms with Crippen LogP contribution in [0, 0.1) is 0 Å². The molecule has 6 heteroatoms. The number of H-pyrrole nitrogens is 1. The molecule has 1 aliphatic rings. The minimum atomic E-state index is 0.0610. The Labute approximate surface area is 115 Å². The Morgan fingerprint density at radius 1 is 1.20 bits per heavy atom. The Morgan fingerprint density at radius 2 is 1.95 bits per heavy atom. The summed E-state index contributed by atoms with van der Waals surface area (Å²) in [6.45, 7) is 1.32. The first-order valence-corrected chi connectivity index (χ1v) is 6.54. The standard InChI is InChI=1S/C14H13N5O/c20-14(12-7-15-13-4-2-1-3-11(12)13)18-8-10(9-18)19-16-5-6-17-19/h1-7,10,15H,8-9H2. The van der Waals surface area contributed by atoms with Crippen molar-refractivity contribution < 1.29 is 4.79 Å². The van der Waals surface area contributed by atoms with Gasteiger partial charge in [-0.3, -0.25) is 4.79 Å². The van der Waals surface area contributed by atoms with Crippen molar-refractivity contribution in [2.45, 2.75) is 6.04 Å². The summed E-state index contributed by atoms with van der Waals surface area (Å²) in [5.41, 5.74) is 1.72. The van der Waals surface area contributed by atoms with Crippen molar-refractivity contribution in [2.75, 3.05) is 13.1 Å². The molecule has 1 aromatic carbocycles. The second kappa shape index (κ2) is 4.19. The van der Waals surface area contributed by atoms with Crippen molar-refractivity contribution in [1.82, 2.24) is 24.9 Å². The van der Waals surface area contributed by atoms with Gasteiger partial charge >= 0.3 is 0 Å². The first-order valence-electron chi connectivity index (χ1n) is 6.54. The van der Waals surface area contributed by atoms with E-state index >= 15 is 0 Å². The zero-order valence-corrected chi connectivity index (χ0v) is 10.7. The Kier molecular flexibility index (Phi) is 2.35. The number of benzene rings is 1. The number of fused-ring (bicyclic) bond motifs is 1. The predicted molar refractivity (Wildman–Crippen MR) is 73.3 cm³/mol. The lowest BCUT2D eigenvalue weighted by atomic mass is 10.1. The number of hydrogen-bond donors (Lipinski definition) is 1. The fourth-order valence-corrected chi connectivity index (χ4v) is 2.60. The highest BCUT2D eigenvalue weighted by Gasteiger charge is 2.34. The largest absolute Gasteiger partial charge is 0.360 e. The topological polar surface area (TPSA) is 66.8 Å². The van der Waals surface area contributed by atoms with Gasteiger partial charge in [-0.2, -0.15) is 15.0 Å². The number of amides is 1. The van der Waals surface area contributed by atoms with E-state index in [-0.39, 0.29) is 11.9 Å².